The van der Waals surface area contributed by atoms with Crippen molar-refractivity contribution >= 4 is 11.9 Å². The summed E-state index contributed by atoms with van der Waals surface area (Å²) in [5, 5.41) is 0. The van der Waals surface area contributed by atoms with E-state index in [1.165, 1.54) is 19.4 Å². The summed E-state index contributed by atoms with van der Waals surface area (Å²) in [5.41, 5.74) is 1.60. The number of carbonyl (C=O) groups is 2. The minimum absolute atomic E-state index is 0.00458. The molecule has 6 heteroatoms. The minimum Gasteiger partial charge on any atom is -0.489 e. The van der Waals surface area contributed by atoms with E-state index in [2.05, 4.69) is 11.7 Å². The van der Waals surface area contributed by atoms with Gasteiger partial charge in [-0.25, -0.2) is 9.59 Å². The topological polar surface area (TPSA) is 75.0 Å². The Morgan fingerprint density at radius 2 is 1.92 bits per heavy atom. The number of esters is 2. The Bertz CT molecular complexity index is 776. The monoisotopic (exact) mass is 330 g/mol. The summed E-state index contributed by atoms with van der Waals surface area (Å²) in [5.74, 6) is -0.0499. The number of rotatable bonds is 4. The molecule has 0 aliphatic carbocycles. The average molecular weight is 330 g/mol. The van der Waals surface area contributed by atoms with E-state index in [-0.39, 0.29) is 30.0 Å². The van der Waals surface area contributed by atoms with E-state index in [9.17, 15) is 9.59 Å². The van der Waals surface area contributed by atoms with Crippen LogP contribution in [0.25, 0.3) is 0 Å². The Labute approximate surface area is 139 Å². The number of ether oxygens (including phenoxy) is 3. The van der Waals surface area contributed by atoms with Gasteiger partial charge in [0.15, 0.2) is 12.4 Å². The van der Waals surface area contributed by atoms with Gasteiger partial charge in [-0.3, -0.25) is 0 Å². The highest BCUT2D eigenvalue weighted by Gasteiger charge is 2.31. The van der Waals surface area contributed by atoms with E-state index in [0.29, 0.717) is 11.3 Å². The van der Waals surface area contributed by atoms with Gasteiger partial charge in [0.05, 0.1) is 13.4 Å². The molecule has 126 valence electrons. The molecule has 1 aromatic heterocycles. The second kappa shape index (κ2) is 6.39. The van der Waals surface area contributed by atoms with Crippen LogP contribution in [0.1, 0.15) is 51.8 Å². The maximum atomic E-state index is 12.4. The summed E-state index contributed by atoms with van der Waals surface area (Å²) >= 11 is 0. The van der Waals surface area contributed by atoms with Gasteiger partial charge in [0.2, 0.25) is 0 Å². The highest BCUT2D eigenvalue weighted by molar-refractivity contribution is 5.94. The van der Waals surface area contributed by atoms with Gasteiger partial charge in [-0.15, -0.1) is 0 Å². The first-order valence-corrected chi connectivity index (χ1v) is 7.64. The molecule has 2 heterocycles. The largest absolute Gasteiger partial charge is 0.489 e. The van der Waals surface area contributed by atoms with Crippen molar-refractivity contribution < 1.29 is 28.2 Å². The molecular formula is C18H18O6. The number of hydrogen-bond donors (Lipinski definition) is 0. The zero-order chi connectivity index (χ0) is 17.3. The van der Waals surface area contributed by atoms with Gasteiger partial charge in [-0.1, -0.05) is 19.1 Å². The third-order valence-electron chi connectivity index (χ3n) is 4.25. The Morgan fingerprint density at radius 3 is 2.67 bits per heavy atom. The van der Waals surface area contributed by atoms with Gasteiger partial charge < -0.3 is 18.6 Å². The predicted molar refractivity (Wildman–Crippen MR) is 84.1 cm³/mol. The number of benzene rings is 1. The second-order valence-corrected chi connectivity index (χ2v) is 5.66. The Kier molecular flexibility index (Phi) is 4.29. The summed E-state index contributed by atoms with van der Waals surface area (Å²) in [7, 11) is 1.28. The molecule has 0 amide bonds. The average Bonchev–Trinajstić information content (AvgIpc) is 3.17. The van der Waals surface area contributed by atoms with Crippen molar-refractivity contribution in [1.82, 2.24) is 0 Å². The van der Waals surface area contributed by atoms with Crippen molar-refractivity contribution in [3.05, 3.63) is 53.0 Å². The smallest absolute Gasteiger partial charge is 0.342 e. The first-order chi connectivity index (χ1) is 11.5. The van der Waals surface area contributed by atoms with Crippen LogP contribution >= 0.6 is 0 Å². The van der Waals surface area contributed by atoms with Crippen molar-refractivity contribution in [2.45, 2.75) is 32.5 Å². The van der Waals surface area contributed by atoms with Crippen molar-refractivity contribution in [2.75, 3.05) is 7.11 Å². The highest BCUT2D eigenvalue weighted by Crippen LogP contribution is 2.40. The third-order valence-corrected chi connectivity index (χ3v) is 4.25. The van der Waals surface area contributed by atoms with Gasteiger partial charge in [0.25, 0.3) is 0 Å². The number of para-hydroxylation sites is 1. The molecule has 0 fully saturated rings. The van der Waals surface area contributed by atoms with Gasteiger partial charge >= 0.3 is 11.9 Å². The van der Waals surface area contributed by atoms with Gasteiger partial charge in [0.1, 0.15) is 23.0 Å². The predicted octanol–water partition coefficient (Wildman–Crippen LogP) is 3.31. The molecule has 2 aromatic rings. The van der Waals surface area contributed by atoms with E-state index in [1.807, 2.05) is 13.0 Å². The zero-order valence-electron chi connectivity index (χ0n) is 13.7. The maximum Gasteiger partial charge on any atom is 0.342 e. The van der Waals surface area contributed by atoms with Crippen LogP contribution in [0.2, 0.25) is 0 Å². The van der Waals surface area contributed by atoms with Crippen LogP contribution in [-0.4, -0.2) is 25.2 Å². The minimum atomic E-state index is -0.540. The highest BCUT2D eigenvalue weighted by atomic mass is 16.5. The molecule has 0 bridgehead atoms. The molecule has 1 aliphatic rings. The summed E-state index contributed by atoms with van der Waals surface area (Å²) in [6.45, 7) is 3.85. The lowest BCUT2D eigenvalue weighted by Crippen LogP contribution is -2.12. The lowest BCUT2D eigenvalue weighted by Gasteiger charge is -2.09. The molecule has 1 aliphatic heterocycles. The fraction of sp³-hybridized carbons (Fsp3) is 0.333. The Morgan fingerprint density at radius 1 is 1.12 bits per heavy atom. The molecule has 1 aromatic carbocycles. The van der Waals surface area contributed by atoms with E-state index >= 15 is 0 Å². The summed E-state index contributed by atoms with van der Waals surface area (Å²) < 4.78 is 20.9. The molecular weight excluding hydrogens is 312 g/mol. The number of carbonyl (C=O) groups excluding carboxylic acids is 2. The molecule has 0 saturated heterocycles. The standard InChI is InChI=1S/C18H18O6/c1-10-11(2)24-16-12(10)5-4-6-14(16)18(20)23-9-15-13(7-8-22-15)17(19)21-3/h4-8,10-11H,9H2,1-3H3/t10-,11+/m1/s1. The van der Waals surface area contributed by atoms with Crippen LogP contribution in [0.3, 0.4) is 0 Å². The number of methoxy groups -OCH3 is 1. The first-order valence-electron chi connectivity index (χ1n) is 7.64. The zero-order valence-corrected chi connectivity index (χ0v) is 13.7. The molecule has 6 nitrogen and oxygen atoms in total. The second-order valence-electron chi connectivity index (χ2n) is 5.66. The molecule has 3 rings (SSSR count). The molecule has 0 spiro atoms. The maximum absolute atomic E-state index is 12.4. The molecule has 2 atom stereocenters. The fourth-order valence-corrected chi connectivity index (χ4v) is 2.70. The van der Waals surface area contributed by atoms with Crippen LogP contribution in [0.5, 0.6) is 5.75 Å². The van der Waals surface area contributed by atoms with Crippen LogP contribution in [-0.2, 0) is 16.1 Å². The Hall–Kier alpha value is -2.76. The molecule has 0 N–H and O–H groups in total. The van der Waals surface area contributed by atoms with Crippen LogP contribution in [0.15, 0.2) is 34.9 Å². The van der Waals surface area contributed by atoms with E-state index in [1.54, 1.807) is 12.1 Å². The summed E-state index contributed by atoms with van der Waals surface area (Å²) in [6.07, 6.45) is 1.35. The van der Waals surface area contributed by atoms with Crippen molar-refractivity contribution in [2.24, 2.45) is 0 Å². The van der Waals surface area contributed by atoms with Gasteiger partial charge in [-0.2, -0.15) is 0 Å². The number of fused-ring (bicyclic) bond motifs is 1. The Balaban J connectivity index is 1.76. The summed E-state index contributed by atoms with van der Waals surface area (Å²) in [6, 6.07) is 6.89. The third kappa shape index (κ3) is 2.75. The molecule has 0 radical (unpaired) electrons. The van der Waals surface area contributed by atoms with Crippen LogP contribution in [0.4, 0.5) is 0 Å². The fourth-order valence-electron chi connectivity index (χ4n) is 2.70. The van der Waals surface area contributed by atoms with Crippen LogP contribution < -0.4 is 4.74 Å². The number of hydrogen-bond acceptors (Lipinski definition) is 6. The molecule has 0 unspecified atom stereocenters. The van der Waals surface area contributed by atoms with Crippen molar-refractivity contribution in [3.63, 3.8) is 0 Å². The number of furan rings is 1. The van der Waals surface area contributed by atoms with Gasteiger partial charge in [-0.05, 0) is 19.1 Å². The first kappa shape index (κ1) is 16.1. The quantitative estimate of drug-likeness (QED) is 0.801. The lowest BCUT2D eigenvalue weighted by atomic mass is 9.97. The van der Waals surface area contributed by atoms with Crippen LogP contribution in [0, 0.1) is 0 Å². The van der Waals surface area contributed by atoms with Crippen molar-refractivity contribution in [3.8, 4) is 5.75 Å². The van der Waals surface area contributed by atoms with E-state index in [0.717, 1.165) is 5.56 Å². The lowest BCUT2D eigenvalue weighted by molar-refractivity contribution is 0.0427. The van der Waals surface area contributed by atoms with E-state index in [4.69, 9.17) is 13.9 Å². The van der Waals surface area contributed by atoms with E-state index < -0.39 is 11.9 Å². The SMILES string of the molecule is COC(=O)c1ccoc1COC(=O)c1cccc2c1O[C@@H](C)[C@H]2C. The molecule has 24 heavy (non-hydrogen) atoms. The molecule has 0 saturated carbocycles. The van der Waals surface area contributed by atoms with Crippen molar-refractivity contribution in [1.29, 1.82) is 0 Å². The van der Waals surface area contributed by atoms with Gasteiger partial charge in [0, 0.05) is 11.5 Å². The summed E-state index contributed by atoms with van der Waals surface area (Å²) in [4.78, 5) is 24.0. The normalized spacial score (nSPS) is 18.6.